The molecule has 0 radical (unpaired) electrons. The fraction of sp³-hybridized carbons (Fsp3) is 0.958. The standard InChI is InChI=1S/C71H137NO13/c1-3-5-7-9-11-13-15-17-19-21-23-25-27-28-29-30-31-32-33-35-37-39-41-43-45-47-49-51-53-55-63(76)72-59(58-82-70-68(81)66(79)69(62(57-74)84-70)85-71-67(80)65(78)64(77)61(56-73)83-71)60(75)54-52-50-48-46-44-42-40-38-36-34-26-24-22-20-18-16-14-12-10-8-6-4-2/h52,54,59-62,64-71,73-75,77-81H,3-51,53,55-58H2,1-2H3,(H,72,76)/b54-52+. The van der Waals surface area contributed by atoms with E-state index in [0.29, 0.717) is 0 Å². The fourth-order valence-electron chi connectivity index (χ4n) is 12.4. The van der Waals surface area contributed by atoms with Crippen molar-refractivity contribution in [2.75, 3.05) is 19.8 Å². The molecule has 0 saturated carbocycles. The molecular formula is C71H137NO13. The van der Waals surface area contributed by atoms with E-state index >= 15 is 0 Å². The van der Waals surface area contributed by atoms with Crippen LogP contribution < -0.4 is 5.32 Å². The smallest absolute Gasteiger partial charge is 0.220 e. The maximum Gasteiger partial charge on any atom is 0.220 e. The molecule has 2 saturated heterocycles. The van der Waals surface area contributed by atoms with Gasteiger partial charge >= 0.3 is 0 Å². The number of aliphatic hydroxyl groups is 8. The van der Waals surface area contributed by atoms with Crippen LogP contribution in [0.15, 0.2) is 12.2 Å². The van der Waals surface area contributed by atoms with Gasteiger partial charge in [-0.3, -0.25) is 4.79 Å². The van der Waals surface area contributed by atoms with Crippen LogP contribution in [-0.4, -0.2) is 140 Å². The minimum atomic E-state index is -1.79. The van der Waals surface area contributed by atoms with Crippen LogP contribution in [-0.2, 0) is 23.7 Å². The molecule has 2 rings (SSSR count). The summed E-state index contributed by atoms with van der Waals surface area (Å²) < 4.78 is 22.9. The summed E-state index contributed by atoms with van der Waals surface area (Å²) in [4.78, 5) is 13.3. The molecular weight excluding hydrogens is 1070 g/mol. The molecule has 14 nitrogen and oxygen atoms in total. The van der Waals surface area contributed by atoms with Gasteiger partial charge < -0.3 is 65.1 Å². The zero-order valence-electron chi connectivity index (χ0n) is 54.9. The number of carbonyl (C=O) groups excluding carboxylic acids is 1. The first-order chi connectivity index (χ1) is 41.6. The maximum absolute atomic E-state index is 13.3. The van der Waals surface area contributed by atoms with Crippen molar-refractivity contribution in [1.82, 2.24) is 5.32 Å². The summed E-state index contributed by atoms with van der Waals surface area (Å²) >= 11 is 0. The number of allylic oxidation sites excluding steroid dienone is 1. The molecule has 85 heavy (non-hydrogen) atoms. The van der Waals surface area contributed by atoms with E-state index in [1.54, 1.807) is 6.08 Å². The van der Waals surface area contributed by atoms with E-state index in [4.69, 9.17) is 18.9 Å². The minimum Gasteiger partial charge on any atom is -0.394 e. The second-order valence-electron chi connectivity index (χ2n) is 26.1. The van der Waals surface area contributed by atoms with Gasteiger partial charge in [-0.2, -0.15) is 0 Å². The monoisotopic (exact) mass is 1210 g/mol. The molecule has 504 valence electrons. The number of rotatable bonds is 61. The van der Waals surface area contributed by atoms with Gasteiger partial charge in [0, 0.05) is 6.42 Å². The highest BCUT2D eigenvalue weighted by molar-refractivity contribution is 5.76. The van der Waals surface area contributed by atoms with Crippen molar-refractivity contribution in [3.63, 3.8) is 0 Å². The van der Waals surface area contributed by atoms with Gasteiger partial charge in [0.25, 0.3) is 0 Å². The molecule has 2 heterocycles. The molecule has 2 aliphatic heterocycles. The number of carbonyl (C=O) groups is 1. The second kappa shape index (κ2) is 56.7. The lowest BCUT2D eigenvalue weighted by molar-refractivity contribution is -0.359. The van der Waals surface area contributed by atoms with Gasteiger partial charge in [0.15, 0.2) is 12.6 Å². The Bertz CT molecular complexity index is 1470. The van der Waals surface area contributed by atoms with Crippen LogP contribution >= 0.6 is 0 Å². The van der Waals surface area contributed by atoms with E-state index in [1.165, 1.54) is 276 Å². The fourth-order valence-corrected chi connectivity index (χ4v) is 12.4. The predicted molar refractivity (Wildman–Crippen MR) is 346 cm³/mol. The van der Waals surface area contributed by atoms with Crippen molar-refractivity contribution in [2.45, 2.75) is 415 Å². The number of hydrogen-bond acceptors (Lipinski definition) is 13. The molecule has 0 aromatic carbocycles. The third-order valence-electron chi connectivity index (χ3n) is 18.2. The zero-order valence-corrected chi connectivity index (χ0v) is 54.9. The van der Waals surface area contributed by atoms with Crippen molar-refractivity contribution < 1.29 is 64.6 Å². The average Bonchev–Trinajstić information content (AvgIpc) is 3.69. The minimum absolute atomic E-state index is 0.230. The molecule has 0 aromatic heterocycles. The van der Waals surface area contributed by atoms with E-state index in [2.05, 4.69) is 19.2 Å². The van der Waals surface area contributed by atoms with Gasteiger partial charge in [-0.15, -0.1) is 0 Å². The first-order valence-corrected chi connectivity index (χ1v) is 36.4. The third kappa shape index (κ3) is 41.0. The van der Waals surface area contributed by atoms with E-state index in [0.717, 1.165) is 44.9 Å². The van der Waals surface area contributed by atoms with Crippen LogP contribution in [0.5, 0.6) is 0 Å². The van der Waals surface area contributed by atoms with E-state index in [-0.39, 0.29) is 18.9 Å². The summed E-state index contributed by atoms with van der Waals surface area (Å²) in [5, 5.41) is 87.5. The van der Waals surface area contributed by atoms with E-state index < -0.39 is 86.8 Å². The van der Waals surface area contributed by atoms with Crippen molar-refractivity contribution >= 4 is 5.91 Å². The first-order valence-electron chi connectivity index (χ1n) is 36.4. The number of aliphatic hydroxyl groups excluding tert-OH is 8. The number of ether oxygens (including phenoxy) is 4. The summed E-state index contributed by atoms with van der Waals surface area (Å²) in [6.07, 6.45) is 52.7. The van der Waals surface area contributed by atoms with Crippen LogP contribution in [0.25, 0.3) is 0 Å². The van der Waals surface area contributed by atoms with E-state index in [1.807, 2.05) is 6.08 Å². The Balaban J connectivity index is 1.65. The number of amides is 1. The molecule has 0 aliphatic carbocycles. The molecule has 12 atom stereocenters. The molecule has 1 amide bonds. The quantitative estimate of drug-likeness (QED) is 0.0204. The molecule has 0 bridgehead atoms. The van der Waals surface area contributed by atoms with Gasteiger partial charge in [-0.05, 0) is 19.3 Å². The highest BCUT2D eigenvalue weighted by atomic mass is 16.7. The van der Waals surface area contributed by atoms with Crippen LogP contribution in [0, 0.1) is 0 Å². The Morgan fingerprint density at radius 1 is 0.412 bits per heavy atom. The highest BCUT2D eigenvalue weighted by Gasteiger charge is 2.51. The summed E-state index contributed by atoms with van der Waals surface area (Å²) in [6.45, 7) is 2.87. The van der Waals surface area contributed by atoms with Crippen molar-refractivity contribution in [2.24, 2.45) is 0 Å². The molecule has 0 spiro atoms. The van der Waals surface area contributed by atoms with E-state index in [9.17, 15) is 45.6 Å². The Kier molecular flexibility index (Phi) is 53.2. The topological polar surface area (TPSA) is 228 Å². The van der Waals surface area contributed by atoms with Crippen molar-refractivity contribution in [3.8, 4) is 0 Å². The molecule has 12 unspecified atom stereocenters. The molecule has 2 fully saturated rings. The van der Waals surface area contributed by atoms with Crippen LogP contribution in [0.2, 0.25) is 0 Å². The third-order valence-corrected chi connectivity index (χ3v) is 18.2. The number of nitrogens with one attached hydrogen (secondary N) is 1. The molecule has 2 aliphatic rings. The molecule has 9 N–H and O–H groups in total. The number of unbranched alkanes of at least 4 members (excludes halogenated alkanes) is 48. The highest BCUT2D eigenvalue weighted by Crippen LogP contribution is 2.30. The zero-order chi connectivity index (χ0) is 61.6. The lowest BCUT2D eigenvalue weighted by atomic mass is 9.97. The van der Waals surface area contributed by atoms with Gasteiger partial charge in [-0.25, -0.2) is 0 Å². The van der Waals surface area contributed by atoms with Crippen molar-refractivity contribution in [3.05, 3.63) is 12.2 Å². The Morgan fingerprint density at radius 2 is 0.729 bits per heavy atom. The van der Waals surface area contributed by atoms with Gasteiger partial charge in [0.1, 0.15) is 48.8 Å². The summed E-state index contributed by atoms with van der Waals surface area (Å²) in [5.74, 6) is -0.230. The lowest BCUT2D eigenvalue weighted by Crippen LogP contribution is -2.65. The van der Waals surface area contributed by atoms with Gasteiger partial charge in [-0.1, -0.05) is 328 Å². The summed E-state index contributed by atoms with van der Waals surface area (Å²) in [6, 6.07) is -0.911. The SMILES string of the molecule is CCCCCCCCCCCCCCCCCCCCCC/C=C/C(O)C(COC1OC(CO)C(OC2OC(CO)C(O)C(O)C2O)C(O)C1O)NC(=O)CCCCCCCCCCCCCCCCCCCCCCCCCCCCCCC. The predicted octanol–water partition coefficient (Wildman–Crippen LogP) is 15.0. The summed E-state index contributed by atoms with van der Waals surface area (Å²) in [5.41, 5.74) is 0. The first kappa shape index (κ1) is 79.8. The van der Waals surface area contributed by atoms with Crippen LogP contribution in [0.3, 0.4) is 0 Å². The number of hydrogen-bond donors (Lipinski definition) is 9. The largest absolute Gasteiger partial charge is 0.394 e. The van der Waals surface area contributed by atoms with Crippen LogP contribution in [0.1, 0.15) is 341 Å². The Hall–Kier alpha value is -1.27. The second-order valence-corrected chi connectivity index (χ2v) is 26.1. The maximum atomic E-state index is 13.3. The normalized spacial score (nSPS) is 23.5. The average molecular weight is 1210 g/mol. The summed E-state index contributed by atoms with van der Waals surface area (Å²) in [7, 11) is 0. The Labute approximate surface area is 520 Å². The van der Waals surface area contributed by atoms with Gasteiger partial charge in [0.2, 0.25) is 5.91 Å². The van der Waals surface area contributed by atoms with Crippen LogP contribution in [0.4, 0.5) is 0 Å². The molecule has 14 heteroatoms. The molecule has 0 aromatic rings. The van der Waals surface area contributed by atoms with Gasteiger partial charge in [0.05, 0.1) is 32.0 Å². The lowest BCUT2D eigenvalue weighted by Gasteiger charge is -2.46. The van der Waals surface area contributed by atoms with Crippen molar-refractivity contribution in [1.29, 1.82) is 0 Å². The Morgan fingerprint density at radius 3 is 1.08 bits per heavy atom.